The van der Waals surface area contributed by atoms with E-state index in [1.807, 2.05) is 0 Å². The molecule has 1 aromatic carbocycles. The summed E-state index contributed by atoms with van der Waals surface area (Å²) in [7, 11) is 0. The highest BCUT2D eigenvalue weighted by atomic mass is 79.9. The van der Waals surface area contributed by atoms with Gasteiger partial charge >= 0.3 is 0 Å². The molecular formula is C14H16Br2. The van der Waals surface area contributed by atoms with E-state index in [0.29, 0.717) is 5.41 Å². The molecule has 2 aliphatic carbocycles. The Morgan fingerprint density at radius 1 is 1.00 bits per heavy atom. The number of fused-ring (bicyclic) bond motifs is 1. The first-order valence-electron chi connectivity index (χ1n) is 6.13. The van der Waals surface area contributed by atoms with Crippen LogP contribution in [0.1, 0.15) is 37.7 Å². The summed E-state index contributed by atoms with van der Waals surface area (Å²) in [5, 5.41) is 0. The van der Waals surface area contributed by atoms with Gasteiger partial charge in [-0.15, -0.1) is 0 Å². The van der Waals surface area contributed by atoms with E-state index in [2.05, 4.69) is 62.2 Å². The molecule has 0 nitrogen and oxygen atoms in total. The molecular weight excluding hydrogens is 328 g/mol. The zero-order valence-electron chi connectivity index (χ0n) is 9.26. The monoisotopic (exact) mass is 342 g/mol. The van der Waals surface area contributed by atoms with Gasteiger partial charge in [0.25, 0.3) is 0 Å². The fourth-order valence-corrected chi connectivity index (χ4v) is 5.92. The lowest BCUT2D eigenvalue weighted by Crippen LogP contribution is -2.14. The molecule has 2 atom stereocenters. The van der Waals surface area contributed by atoms with E-state index < -0.39 is 0 Å². The van der Waals surface area contributed by atoms with E-state index in [0.717, 1.165) is 5.92 Å². The molecule has 0 radical (unpaired) electrons. The van der Waals surface area contributed by atoms with Crippen LogP contribution in [-0.2, 0) is 5.41 Å². The Labute approximate surface area is 114 Å². The number of hydrogen-bond acceptors (Lipinski definition) is 0. The summed E-state index contributed by atoms with van der Waals surface area (Å²) in [5.74, 6) is 0.768. The minimum atomic E-state index is 0.161. The van der Waals surface area contributed by atoms with Crippen LogP contribution in [0.15, 0.2) is 30.3 Å². The largest absolute Gasteiger partial charge is 0.0942 e. The van der Waals surface area contributed by atoms with Crippen LogP contribution in [0.2, 0.25) is 0 Å². The number of halogens is 2. The van der Waals surface area contributed by atoms with Crippen LogP contribution in [0.5, 0.6) is 0 Å². The molecule has 0 heterocycles. The summed E-state index contributed by atoms with van der Waals surface area (Å²) in [6.07, 6.45) is 6.83. The summed E-state index contributed by atoms with van der Waals surface area (Å²) in [6.45, 7) is 0. The van der Waals surface area contributed by atoms with Crippen LogP contribution < -0.4 is 0 Å². The molecule has 0 amide bonds. The lowest BCUT2D eigenvalue weighted by atomic mass is 9.89. The van der Waals surface area contributed by atoms with Gasteiger partial charge in [0.1, 0.15) is 0 Å². The second kappa shape index (κ2) is 3.84. The first-order valence-corrected chi connectivity index (χ1v) is 7.71. The lowest BCUT2D eigenvalue weighted by Gasteiger charge is -2.18. The van der Waals surface area contributed by atoms with Crippen LogP contribution in [0.25, 0.3) is 0 Å². The van der Waals surface area contributed by atoms with Crippen molar-refractivity contribution in [1.82, 2.24) is 0 Å². The fourth-order valence-electron chi connectivity index (χ4n) is 3.50. The Morgan fingerprint density at radius 2 is 1.75 bits per heavy atom. The normalized spacial score (nSPS) is 36.2. The highest BCUT2D eigenvalue weighted by molar-refractivity contribution is 9.25. The molecule has 2 heteroatoms. The van der Waals surface area contributed by atoms with E-state index >= 15 is 0 Å². The zero-order chi connectivity index (χ0) is 11.2. The van der Waals surface area contributed by atoms with E-state index in [1.54, 1.807) is 0 Å². The van der Waals surface area contributed by atoms with Crippen LogP contribution in [-0.4, -0.2) is 3.23 Å². The minimum absolute atomic E-state index is 0.161. The first kappa shape index (κ1) is 11.3. The number of benzene rings is 1. The van der Waals surface area contributed by atoms with Crippen molar-refractivity contribution >= 4 is 31.9 Å². The summed E-state index contributed by atoms with van der Waals surface area (Å²) in [4.78, 5) is 0. The highest BCUT2D eigenvalue weighted by Crippen LogP contribution is 2.75. The molecule has 0 aliphatic heterocycles. The van der Waals surface area contributed by atoms with Gasteiger partial charge in [-0.05, 0) is 24.3 Å². The van der Waals surface area contributed by atoms with E-state index in [-0.39, 0.29) is 3.23 Å². The molecule has 0 aromatic heterocycles. The summed E-state index contributed by atoms with van der Waals surface area (Å²) in [5.41, 5.74) is 1.86. The highest BCUT2D eigenvalue weighted by Gasteiger charge is 2.74. The van der Waals surface area contributed by atoms with Crippen molar-refractivity contribution in [3.8, 4) is 0 Å². The van der Waals surface area contributed by atoms with Crippen LogP contribution >= 0.6 is 31.9 Å². The SMILES string of the molecule is BrC1(Br)[C@H]2CCCCC[C@]21c1ccccc1. The average Bonchev–Trinajstić information content (AvgIpc) is 2.87. The maximum Gasteiger partial charge on any atom is 0.0942 e. The number of hydrogen-bond donors (Lipinski definition) is 0. The van der Waals surface area contributed by atoms with Crippen molar-refractivity contribution in [3.63, 3.8) is 0 Å². The van der Waals surface area contributed by atoms with Gasteiger partial charge in [-0.2, -0.15) is 0 Å². The van der Waals surface area contributed by atoms with E-state index in [9.17, 15) is 0 Å². The Hall–Kier alpha value is 0.180. The van der Waals surface area contributed by atoms with Crippen LogP contribution in [0, 0.1) is 5.92 Å². The van der Waals surface area contributed by atoms with Crippen molar-refractivity contribution in [1.29, 1.82) is 0 Å². The Kier molecular flexibility index (Phi) is 2.71. The van der Waals surface area contributed by atoms with E-state index in [1.165, 1.54) is 37.7 Å². The standard InChI is InChI=1S/C14H16Br2/c15-14(16)12-9-5-2-6-10-13(12,14)11-7-3-1-4-8-11/h1,3-4,7-8,12H,2,5-6,9-10H2/t12-,13-/m0/s1. The molecule has 1 aromatic rings. The third kappa shape index (κ3) is 1.38. The topological polar surface area (TPSA) is 0 Å². The van der Waals surface area contributed by atoms with Gasteiger partial charge in [0.15, 0.2) is 0 Å². The number of rotatable bonds is 1. The maximum absolute atomic E-state index is 3.92. The predicted molar refractivity (Wildman–Crippen MR) is 75.3 cm³/mol. The lowest BCUT2D eigenvalue weighted by molar-refractivity contribution is 0.562. The summed E-state index contributed by atoms with van der Waals surface area (Å²) in [6, 6.07) is 11.0. The van der Waals surface area contributed by atoms with Crippen molar-refractivity contribution < 1.29 is 0 Å². The molecule has 0 saturated heterocycles. The third-order valence-corrected chi connectivity index (χ3v) is 6.92. The molecule has 3 rings (SSSR count). The second-order valence-electron chi connectivity index (χ2n) is 5.11. The van der Waals surface area contributed by atoms with Crippen molar-refractivity contribution in [2.45, 2.75) is 40.8 Å². The van der Waals surface area contributed by atoms with Gasteiger partial charge in [0.05, 0.1) is 3.23 Å². The van der Waals surface area contributed by atoms with E-state index in [4.69, 9.17) is 0 Å². The van der Waals surface area contributed by atoms with Gasteiger partial charge in [-0.25, -0.2) is 0 Å². The molecule has 0 unspecified atom stereocenters. The maximum atomic E-state index is 3.92. The second-order valence-corrected chi connectivity index (χ2v) is 8.68. The number of alkyl halides is 2. The Balaban J connectivity index is 2.03. The molecule has 2 fully saturated rings. The molecule has 0 N–H and O–H groups in total. The van der Waals surface area contributed by atoms with Gasteiger partial charge in [-0.3, -0.25) is 0 Å². The predicted octanol–water partition coefficient (Wildman–Crippen LogP) is 5.00. The van der Waals surface area contributed by atoms with Crippen LogP contribution in [0.4, 0.5) is 0 Å². The molecule has 2 aliphatic rings. The molecule has 0 spiro atoms. The first-order chi connectivity index (χ1) is 7.69. The molecule has 16 heavy (non-hydrogen) atoms. The third-order valence-electron chi connectivity index (χ3n) is 4.40. The fraction of sp³-hybridized carbons (Fsp3) is 0.571. The van der Waals surface area contributed by atoms with Gasteiger partial charge in [-0.1, -0.05) is 81.5 Å². The van der Waals surface area contributed by atoms with Crippen molar-refractivity contribution in [2.75, 3.05) is 0 Å². The smallest absolute Gasteiger partial charge is 0.0714 e. The van der Waals surface area contributed by atoms with Gasteiger partial charge < -0.3 is 0 Å². The van der Waals surface area contributed by atoms with Crippen LogP contribution in [0.3, 0.4) is 0 Å². The van der Waals surface area contributed by atoms with Gasteiger partial charge in [0, 0.05) is 5.41 Å². The molecule has 2 saturated carbocycles. The Bertz CT molecular complexity index is 385. The quantitative estimate of drug-likeness (QED) is 0.629. The molecule has 0 bridgehead atoms. The molecule has 86 valence electrons. The minimum Gasteiger partial charge on any atom is -0.0714 e. The Morgan fingerprint density at radius 3 is 2.50 bits per heavy atom. The summed E-state index contributed by atoms with van der Waals surface area (Å²) >= 11 is 7.85. The van der Waals surface area contributed by atoms with Crippen molar-refractivity contribution in [2.24, 2.45) is 5.92 Å². The summed E-state index contributed by atoms with van der Waals surface area (Å²) < 4.78 is 0.161. The van der Waals surface area contributed by atoms with Crippen molar-refractivity contribution in [3.05, 3.63) is 35.9 Å². The average molecular weight is 344 g/mol. The zero-order valence-corrected chi connectivity index (χ0v) is 12.4. The van der Waals surface area contributed by atoms with Gasteiger partial charge in [0.2, 0.25) is 0 Å².